The first-order valence-electron chi connectivity index (χ1n) is 7.98. The second-order valence-corrected chi connectivity index (χ2v) is 5.51. The second kappa shape index (κ2) is 9.66. The summed E-state index contributed by atoms with van der Waals surface area (Å²) in [7, 11) is 0. The van der Waals surface area contributed by atoms with E-state index < -0.39 is 10.8 Å². The van der Waals surface area contributed by atoms with Crippen LogP contribution in [0.5, 0.6) is 5.75 Å². The maximum absolute atomic E-state index is 11.9. The lowest BCUT2D eigenvalue weighted by atomic mass is 10.2. The number of benzene rings is 2. The van der Waals surface area contributed by atoms with Gasteiger partial charge in [0.2, 0.25) is 5.91 Å². The van der Waals surface area contributed by atoms with Crippen molar-refractivity contribution >= 4 is 28.9 Å². The van der Waals surface area contributed by atoms with E-state index in [4.69, 9.17) is 4.74 Å². The highest BCUT2D eigenvalue weighted by atomic mass is 16.6. The average Bonchev–Trinajstić information content (AvgIpc) is 2.66. The van der Waals surface area contributed by atoms with Gasteiger partial charge in [0, 0.05) is 23.5 Å². The van der Waals surface area contributed by atoms with Gasteiger partial charge in [0.05, 0.1) is 11.3 Å². The van der Waals surface area contributed by atoms with Crippen molar-refractivity contribution in [3.8, 4) is 5.75 Å². The molecular weight excluding hydrogens is 352 g/mol. The van der Waals surface area contributed by atoms with Gasteiger partial charge in [-0.15, -0.1) is 0 Å². The smallest absolute Gasteiger partial charge is 0.277 e. The van der Waals surface area contributed by atoms with Crippen molar-refractivity contribution < 1.29 is 19.2 Å². The van der Waals surface area contributed by atoms with Gasteiger partial charge in [-0.2, -0.15) is 5.10 Å². The van der Waals surface area contributed by atoms with Gasteiger partial charge in [-0.25, -0.2) is 5.43 Å². The van der Waals surface area contributed by atoms with Crippen LogP contribution in [0.15, 0.2) is 59.7 Å². The number of hydrogen-bond donors (Lipinski definition) is 2. The molecule has 0 fully saturated rings. The molecule has 0 aliphatic carbocycles. The number of ether oxygens (including phenoxy) is 1. The summed E-state index contributed by atoms with van der Waals surface area (Å²) in [4.78, 5) is 33.7. The lowest BCUT2D eigenvalue weighted by Gasteiger charge is -2.06. The number of nitro groups is 1. The minimum atomic E-state index is -0.521. The number of carbonyl (C=O) groups is 2. The van der Waals surface area contributed by atoms with Crippen LogP contribution in [0, 0.1) is 10.1 Å². The number of amides is 2. The number of nitro benzene ring substituents is 1. The van der Waals surface area contributed by atoms with Crippen LogP contribution in [0.1, 0.15) is 13.3 Å². The Hall–Kier alpha value is -3.75. The van der Waals surface area contributed by atoms with Crippen LogP contribution in [0.25, 0.3) is 0 Å². The van der Waals surface area contributed by atoms with E-state index in [0.29, 0.717) is 17.1 Å². The Balaban J connectivity index is 1.75. The maximum Gasteiger partial charge on any atom is 0.277 e. The predicted octanol–water partition coefficient (Wildman–Crippen LogP) is 2.49. The minimum absolute atomic E-state index is 0.0448. The molecule has 2 aromatic rings. The SMILES string of the molecule is C/C(CC(=O)Nc1ccc([N+](=O)[O-])cc1)=N/NC(=O)COc1ccccc1. The Bertz CT molecular complexity index is 835. The van der Waals surface area contributed by atoms with Crippen LogP contribution < -0.4 is 15.5 Å². The monoisotopic (exact) mass is 370 g/mol. The summed E-state index contributed by atoms with van der Waals surface area (Å²) in [6.45, 7) is 1.39. The zero-order valence-corrected chi connectivity index (χ0v) is 14.5. The average molecular weight is 370 g/mol. The summed E-state index contributed by atoms with van der Waals surface area (Å²) in [6, 6.07) is 14.3. The quantitative estimate of drug-likeness (QED) is 0.420. The fourth-order valence-corrected chi connectivity index (χ4v) is 2.00. The Morgan fingerprint density at radius 1 is 1.07 bits per heavy atom. The molecule has 0 saturated carbocycles. The highest BCUT2D eigenvalue weighted by molar-refractivity contribution is 6.05. The van der Waals surface area contributed by atoms with E-state index >= 15 is 0 Å². The molecule has 0 radical (unpaired) electrons. The first kappa shape index (κ1) is 19.6. The highest BCUT2D eigenvalue weighted by Gasteiger charge is 2.08. The van der Waals surface area contributed by atoms with Crippen LogP contribution in [0.4, 0.5) is 11.4 Å². The standard InChI is InChI=1S/C18H18N4O5/c1-13(20-21-18(24)12-27-16-5-3-2-4-6-16)11-17(23)19-14-7-9-15(10-8-14)22(25)26/h2-10H,11-12H2,1H3,(H,19,23)(H,21,24)/b20-13-. The number of nitrogens with zero attached hydrogens (tertiary/aromatic N) is 2. The molecule has 2 rings (SSSR count). The molecule has 0 spiro atoms. The molecule has 0 aromatic heterocycles. The number of nitrogens with one attached hydrogen (secondary N) is 2. The summed E-state index contributed by atoms with van der Waals surface area (Å²) in [5.41, 5.74) is 3.07. The van der Waals surface area contributed by atoms with E-state index in [1.807, 2.05) is 6.07 Å². The van der Waals surface area contributed by atoms with Crippen molar-refractivity contribution in [2.24, 2.45) is 5.10 Å². The fourth-order valence-electron chi connectivity index (χ4n) is 2.00. The van der Waals surface area contributed by atoms with Crippen molar-refractivity contribution in [1.29, 1.82) is 0 Å². The summed E-state index contributed by atoms with van der Waals surface area (Å²) in [5.74, 6) is -0.246. The first-order chi connectivity index (χ1) is 12.9. The number of para-hydroxylation sites is 1. The van der Waals surface area contributed by atoms with Gasteiger partial charge in [0.25, 0.3) is 11.6 Å². The van der Waals surface area contributed by atoms with E-state index in [9.17, 15) is 19.7 Å². The molecule has 0 unspecified atom stereocenters. The molecule has 0 heterocycles. The van der Waals surface area contributed by atoms with E-state index in [-0.39, 0.29) is 24.6 Å². The highest BCUT2D eigenvalue weighted by Crippen LogP contribution is 2.15. The van der Waals surface area contributed by atoms with Crippen molar-refractivity contribution in [3.05, 3.63) is 64.7 Å². The van der Waals surface area contributed by atoms with Gasteiger partial charge in [-0.05, 0) is 31.2 Å². The largest absolute Gasteiger partial charge is 0.484 e. The third-order valence-corrected chi connectivity index (χ3v) is 3.26. The van der Waals surface area contributed by atoms with Gasteiger partial charge in [-0.3, -0.25) is 19.7 Å². The van der Waals surface area contributed by atoms with Gasteiger partial charge >= 0.3 is 0 Å². The van der Waals surface area contributed by atoms with E-state index in [1.165, 1.54) is 24.3 Å². The number of rotatable bonds is 8. The number of anilines is 1. The second-order valence-electron chi connectivity index (χ2n) is 5.51. The number of non-ortho nitro benzene ring substituents is 1. The van der Waals surface area contributed by atoms with Gasteiger partial charge in [0.15, 0.2) is 6.61 Å². The van der Waals surface area contributed by atoms with Crippen molar-refractivity contribution in [3.63, 3.8) is 0 Å². The molecule has 2 N–H and O–H groups in total. The summed E-state index contributed by atoms with van der Waals surface area (Å²) < 4.78 is 5.28. The van der Waals surface area contributed by atoms with Gasteiger partial charge in [0.1, 0.15) is 5.75 Å². The van der Waals surface area contributed by atoms with Crippen LogP contribution in [0.3, 0.4) is 0 Å². The van der Waals surface area contributed by atoms with Crippen LogP contribution in [-0.4, -0.2) is 29.1 Å². The summed E-state index contributed by atoms with van der Waals surface area (Å²) in [6.07, 6.45) is -0.0448. The first-order valence-corrected chi connectivity index (χ1v) is 7.98. The van der Waals surface area contributed by atoms with Crippen molar-refractivity contribution in [1.82, 2.24) is 5.43 Å². The lowest BCUT2D eigenvalue weighted by Crippen LogP contribution is -2.26. The lowest BCUT2D eigenvalue weighted by molar-refractivity contribution is -0.384. The number of hydrogen-bond acceptors (Lipinski definition) is 6. The molecule has 9 nitrogen and oxygen atoms in total. The van der Waals surface area contributed by atoms with Crippen molar-refractivity contribution in [2.75, 3.05) is 11.9 Å². The fraction of sp³-hybridized carbons (Fsp3) is 0.167. The summed E-state index contributed by atoms with van der Waals surface area (Å²) in [5, 5.41) is 17.0. The van der Waals surface area contributed by atoms with Crippen LogP contribution in [-0.2, 0) is 9.59 Å². The zero-order valence-electron chi connectivity index (χ0n) is 14.5. The van der Waals surface area contributed by atoms with E-state index in [0.717, 1.165) is 0 Å². The number of carbonyl (C=O) groups excluding carboxylic acids is 2. The van der Waals surface area contributed by atoms with Crippen molar-refractivity contribution in [2.45, 2.75) is 13.3 Å². The molecular formula is C18H18N4O5. The van der Waals surface area contributed by atoms with E-state index in [1.54, 1.807) is 31.2 Å². The Morgan fingerprint density at radius 2 is 1.74 bits per heavy atom. The molecule has 140 valence electrons. The molecule has 0 aliphatic heterocycles. The molecule has 2 amide bonds. The zero-order chi connectivity index (χ0) is 19.6. The molecule has 9 heteroatoms. The third kappa shape index (κ3) is 6.94. The topological polar surface area (TPSA) is 123 Å². The number of hydrazone groups is 1. The summed E-state index contributed by atoms with van der Waals surface area (Å²) >= 11 is 0. The molecule has 0 atom stereocenters. The Morgan fingerprint density at radius 3 is 2.37 bits per heavy atom. The Kier molecular flexibility index (Phi) is 7.00. The molecule has 0 bridgehead atoms. The normalized spacial score (nSPS) is 10.8. The molecule has 0 aliphatic rings. The Labute approximate surface area is 155 Å². The minimum Gasteiger partial charge on any atom is -0.484 e. The molecule has 2 aromatic carbocycles. The maximum atomic E-state index is 11.9. The molecule has 27 heavy (non-hydrogen) atoms. The molecule has 0 saturated heterocycles. The predicted molar refractivity (Wildman–Crippen MR) is 99.5 cm³/mol. The van der Waals surface area contributed by atoms with Gasteiger partial charge in [-0.1, -0.05) is 18.2 Å². The third-order valence-electron chi connectivity index (χ3n) is 3.26. The van der Waals surface area contributed by atoms with Gasteiger partial charge < -0.3 is 10.1 Å². The van der Waals surface area contributed by atoms with Crippen LogP contribution >= 0.6 is 0 Å². The van der Waals surface area contributed by atoms with Crippen LogP contribution in [0.2, 0.25) is 0 Å². The van der Waals surface area contributed by atoms with E-state index in [2.05, 4.69) is 15.8 Å².